The van der Waals surface area contributed by atoms with E-state index in [1.807, 2.05) is 18.2 Å². The smallest absolute Gasteiger partial charge is 0.231 e. The van der Waals surface area contributed by atoms with Crippen molar-refractivity contribution in [1.29, 1.82) is 0 Å². The maximum Gasteiger partial charge on any atom is 0.231 e. The number of amides is 1. The monoisotopic (exact) mass is 249 g/mol. The molecule has 1 N–H and O–H groups in total. The van der Waals surface area contributed by atoms with Gasteiger partial charge in [0.25, 0.3) is 0 Å². The topological polar surface area (TPSA) is 38.3 Å². The summed E-state index contributed by atoms with van der Waals surface area (Å²) in [5.74, 6) is 1.90. The molecule has 0 unspecified atom stereocenters. The predicted molar refractivity (Wildman–Crippen MR) is 68.6 cm³/mol. The highest BCUT2D eigenvalue weighted by Crippen LogP contribution is 2.50. The van der Waals surface area contributed by atoms with Crippen molar-refractivity contribution in [3.8, 4) is 5.75 Å². The van der Waals surface area contributed by atoms with E-state index in [9.17, 15) is 4.79 Å². The molecule has 2 aliphatic rings. The lowest BCUT2D eigenvalue weighted by molar-refractivity contribution is -0.128. The number of anilines is 1. The van der Waals surface area contributed by atoms with Crippen LogP contribution in [-0.2, 0) is 4.79 Å². The summed E-state index contributed by atoms with van der Waals surface area (Å²) in [7, 11) is 1.67. The SMILES string of the molecule is COc1cccc2c1SCC1(CCC1)C(=O)N2. The Morgan fingerprint density at radius 3 is 2.88 bits per heavy atom. The second-order valence-corrected chi connectivity index (χ2v) is 5.70. The van der Waals surface area contributed by atoms with Gasteiger partial charge in [-0.15, -0.1) is 11.8 Å². The molecule has 1 aliphatic heterocycles. The molecule has 1 aromatic carbocycles. The molecule has 0 bridgehead atoms. The molecular formula is C13H15NO2S. The molecule has 3 rings (SSSR count). The Labute approximate surface area is 105 Å². The molecule has 1 spiro atoms. The molecule has 0 atom stereocenters. The van der Waals surface area contributed by atoms with Gasteiger partial charge in [-0.1, -0.05) is 12.5 Å². The van der Waals surface area contributed by atoms with Gasteiger partial charge in [-0.3, -0.25) is 4.79 Å². The molecule has 1 aliphatic carbocycles. The predicted octanol–water partition coefficient (Wildman–Crippen LogP) is 2.91. The number of hydrogen-bond donors (Lipinski definition) is 1. The first-order chi connectivity index (χ1) is 8.25. The molecule has 1 amide bonds. The first kappa shape index (κ1) is 11.0. The van der Waals surface area contributed by atoms with Crippen LogP contribution in [0.1, 0.15) is 19.3 Å². The minimum absolute atomic E-state index is 0.130. The zero-order chi connectivity index (χ0) is 11.9. The molecule has 0 radical (unpaired) electrons. The van der Waals surface area contributed by atoms with Gasteiger partial charge >= 0.3 is 0 Å². The van der Waals surface area contributed by atoms with Crippen LogP contribution in [-0.4, -0.2) is 18.8 Å². The minimum Gasteiger partial charge on any atom is -0.496 e. The Balaban J connectivity index is 1.99. The minimum atomic E-state index is -0.130. The molecule has 0 aromatic heterocycles. The van der Waals surface area contributed by atoms with Crippen molar-refractivity contribution in [2.75, 3.05) is 18.2 Å². The molecule has 1 aromatic rings. The van der Waals surface area contributed by atoms with Crippen molar-refractivity contribution in [2.45, 2.75) is 24.2 Å². The molecule has 4 heteroatoms. The van der Waals surface area contributed by atoms with Crippen LogP contribution in [0.15, 0.2) is 23.1 Å². The standard InChI is InChI=1S/C13H15NO2S/c1-16-10-5-2-4-9-11(10)17-8-13(6-3-7-13)12(15)14-9/h2,4-5H,3,6-8H2,1H3,(H,14,15). The molecule has 90 valence electrons. The average molecular weight is 249 g/mol. The Morgan fingerprint density at radius 2 is 2.24 bits per heavy atom. The van der Waals surface area contributed by atoms with Crippen molar-refractivity contribution < 1.29 is 9.53 Å². The summed E-state index contributed by atoms with van der Waals surface area (Å²) in [6.07, 6.45) is 3.20. The zero-order valence-corrected chi connectivity index (χ0v) is 10.6. The van der Waals surface area contributed by atoms with E-state index in [0.717, 1.165) is 34.9 Å². The lowest BCUT2D eigenvalue weighted by Crippen LogP contribution is -2.43. The van der Waals surface area contributed by atoms with E-state index in [-0.39, 0.29) is 11.3 Å². The lowest BCUT2D eigenvalue weighted by Gasteiger charge is -2.38. The Hall–Kier alpha value is -1.16. The van der Waals surface area contributed by atoms with Gasteiger partial charge < -0.3 is 10.1 Å². The highest BCUT2D eigenvalue weighted by molar-refractivity contribution is 7.99. The largest absolute Gasteiger partial charge is 0.496 e. The molecular weight excluding hydrogens is 234 g/mol. The summed E-state index contributed by atoms with van der Waals surface area (Å²) in [6, 6.07) is 5.80. The number of benzene rings is 1. The van der Waals surface area contributed by atoms with E-state index in [2.05, 4.69) is 5.32 Å². The first-order valence-electron chi connectivity index (χ1n) is 5.86. The van der Waals surface area contributed by atoms with Gasteiger partial charge in [-0.2, -0.15) is 0 Å². The van der Waals surface area contributed by atoms with Crippen molar-refractivity contribution in [2.24, 2.45) is 5.41 Å². The fraction of sp³-hybridized carbons (Fsp3) is 0.462. The molecule has 3 nitrogen and oxygen atoms in total. The number of thioether (sulfide) groups is 1. The third kappa shape index (κ3) is 1.62. The van der Waals surface area contributed by atoms with E-state index < -0.39 is 0 Å². The quantitative estimate of drug-likeness (QED) is 0.831. The van der Waals surface area contributed by atoms with Gasteiger partial charge in [-0.25, -0.2) is 0 Å². The highest BCUT2D eigenvalue weighted by atomic mass is 32.2. The summed E-state index contributed by atoms with van der Waals surface area (Å²) >= 11 is 1.74. The van der Waals surface area contributed by atoms with Crippen LogP contribution < -0.4 is 10.1 Å². The Kier molecular flexibility index (Phi) is 2.54. The number of carbonyl (C=O) groups is 1. The van der Waals surface area contributed by atoms with Gasteiger partial charge in [0.05, 0.1) is 23.1 Å². The lowest BCUT2D eigenvalue weighted by atomic mass is 9.69. The van der Waals surface area contributed by atoms with Crippen LogP contribution in [0.4, 0.5) is 5.69 Å². The van der Waals surface area contributed by atoms with Gasteiger partial charge in [0.15, 0.2) is 0 Å². The number of ether oxygens (including phenoxy) is 1. The number of hydrogen-bond acceptors (Lipinski definition) is 3. The molecule has 1 fully saturated rings. The van der Waals surface area contributed by atoms with Crippen LogP contribution in [0.2, 0.25) is 0 Å². The second kappa shape index (κ2) is 3.95. The van der Waals surface area contributed by atoms with E-state index in [1.54, 1.807) is 18.9 Å². The molecule has 17 heavy (non-hydrogen) atoms. The van der Waals surface area contributed by atoms with Crippen molar-refractivity contribution in [1.82, 2.24) is 0 Å². The maximum absolute atomic E-state index is 12.2. The van der Waals surface area contributed by atoms with Crippen LogP contribution in [0.5, 0.6) is 5.75 Å². The third-order valence-electron chi connectivity index (χ3n) is 3.73. The Bertz CT molecular complexity index is 468. The van der Waals surface area contributed by atoms with Gasteiger partial charge in [0.2, 0.25) is 5.91 Å². The van der Waals surface area contributed by atoms with Gasteiger partial charge in [0.1, 0.15) is 5.75 Å². The summed E-state index contributed by atoms with van der Waals surface area (Å²) in [4.78, 5) is 13.3. The molecule has 0 saturated heterocycles. The van der Waals surface area contributed by atoms with E-state index in [1.165, 1.54) is 6.42 Å². The summed E-state index contributed by atoms with van der Waals surface area (Å²) < 4.78 is 5.35. The summed E-state index contributed by atoms with van der Waals surface area (Å²) in [5, 5.41) is 3.05. The van der Waals surface area contributed by atoms with E-state index in [4.69, 9.17) is 4.74 Å². The Morgan fingerprint density at radius 1 is 1.41 bits per heavy atom. The van der Waals surface area contributed by atoms with Crippen molar-refractivity contribution >= 4 is 23.4 Å². The van der Waals surface area contributed by atoms with Gasteiger partial charge in [0, 0.05) is 5.75 Å². The van der Waals surface area contributed by atoms with E-state index in [0.29, 0.717) is 0 Å². The number of rotatable bonds is 1. The number of fused-ring (bicyclic) bond motifs is 1. The molecule has 1 heterocycles. The van der Waals surface area contributed by atoms with Gasteiger partial charge in [-0.05, 0) is 25.0 Å². The normalized spacial score (nSPS) is 21.1. The highest BCUT2D eigenvalue weighted by Gasteiger charge is 2.45. The van der Waals surface area contributed by atoms with Crippen LogP contribution in [0.3, 0.4) is 0 Å². The number of carbonyl (C=O) groups excluding carboxylic acids is 1. The maximum atomic E-state index is 12.2. The fourth-order valence-corrected chi connectivity index (χ4v) is 3.84. The van der Waals surface area contributed by atoms with Crippen molar-refractivity contribution in [3.05, 3.63) is 18.2 Å². The number of nitrogens with one attached hydrogen (secondary N) is 1. The van der Waals surface area contributed by atoms with Crippen LogP contribution >= 0.6 is 11.8 Å². The molecule has 1 saturated carbocycles. The van der Waals surface area contributed by atoms with Crippen LogP contribution in [0, 0.1) is 5.41 Å². The number of methoxy groups -OCH3 is 1. The van der Waals surface area contributed by atoms with Crippen LogP contribution in [0.25, 0.3) is 0 Å². The third-order valence-corrected chi connectivity index (χ3v) is 5.14. The first-order valence-corrected chi connectivity index (χ1v) is 6.85. The summed E-state index contributed by atoms with van der Waals surface area (Å²) in [5.41, 5.74) is 0.762. The fourth-order valence-electron chi connectivity index (χ4n) is 2.43. The van der Waals surface area contributed by atoms with Crippen molar-refractivity contribution in [3.63, 3.8) is 0 Å². The second-order valence-electron chi connectivity index (χ2n) is 4.71. The zero-order valence-electron chi connectivity index (χ0n) is 9.79. The average Bonchev–Trinajstić information content (AvgIpc) is 2.43. The van der Waals surface area contributed by atoms with E-state index >= 15 is 0 Å². The summed E-state index contributed by atoms with van der Waals surface area (Å²) in [6.45, 7) is 0.